The van der Waals surface area contributed by atoms with Crippen molar-refractivity contribution < 1.29 is 23.7 Å². The molecule has 6 rings (SSSR count). The molecule has 0 spiro atoms. The van der Waals surface area contributed by atoms with Crippen LogP contribution in [0.1, 0.15) is 35.2 Å². The van der Waals surface area contributed by atoms with Gasteiger partial charge in [0.2, 0.25) is 0 Å². The van der Waals surface area contributed by atoms with Crippen LogP contribution in [0.3, 0.4) is 0 Å². The van der Waals surface area contributed by atoms with Crippen molar-refractivity contribution in [3.63, 3.8) is 0 Å². The van der Waals surface area contributed by atoms with E-state index in [0.717, 1.165) is 16.7 Å². The molecule has 0 saturated heterocycles. The van der Waals surface area contributed by atoms with Crippen molar-refractivity contribution in [1.82, 2.24) is 4.57 Å². The Labute approximate surface area is 280 Å². The van der Waals surface area contributed by atoms with Crippen molar-refractivity contribution in [2.75, 3.05) is 20.8 Å². The third kappa shape index (κ3) is 6.58. The lowest BCUT2D eigenvalue weighted by Gasteiger charge is -2.26. The molecule has 238 valence electrons. The van der Waals surface area contributed by atoms with E-state index in [1.165, 1.54) is 18.4 Å². The highest BCUT2D eigenvalue weighted by Gasteiger charge is 2.35. The lowest BCUT2D eigenvalue weighted by Crippen LogP contribution is -2.40. The maximum absolute atomic E-state index is 14.2. The monoisotopic (exact) mass is 666 g/mol. The van der Waals surface area contributed by atoms with Crippen LogP contribution in [0.15, 0.2) is 112 Å². The third-order valence-corrected chi connectivity index (χ3v) is 8.98. The van der Waals surface area contributed by atoms with Gasteiger partial charge in [0.25, 0.3) is 5.56 Å². The summed E-state index contributed by atoms with van der Waals surface area (Å²) in [6.45, 7) is 2.24. The van der Waals surface area contributed by atoms with Crippen molar-refractivity contribution in [2.45, 2.75) is 19.6 Å². The van der Waals surface area contributed by atoms with E-state index >= 15 is 0 Å². The smallest absolute Gasteiger partial charge is 0.338 e. The fourth-order valence-corrected chi connectivity index (χ4v) is 6.56. The first kappa shape index (κ1) is 31.8. The van der Waals surface area contributed by atoms with Crippen molar-refractivity contribution in [1.29, 1.82) is 0 Å². The summed E-state index contributed by atoms with van der Waals surface area (Å²) >= 11 is 7.52. The number of aromatic nitrogens is 1. The predicted molar refractivity (Wildman–Crippen MR) is 183 cm³/mol. The molecule has 1 unspecified atom stereocenters. The number of carbonyl (C=O) groups excluding carboxylic acids is 1. The minimum absolute atomic E-state index is 0.158. The second-order valence-electron chi connectivity index (χ2n) is 10.5. The van der Waals surface area contributed by atoms with Gasteiger partial charge in [-0.3, -0.25) is 9.36 Å². The van der Waals surface area contributed by atoms with Gasteiger partial charge in [-0.15, -0.1) is 0 Å². The molecule has 5 aromatic rings. The fraction of sp³-hybridized carbons (Fsp3) is 0.162. The topological polar surface area (TPSA) is 88.4 Å². The average molecular weight is 667 g/mol. The summed E-state index contributed by atoms with van der Waals surface area (Å²) < 4.78 is 24.6. The van der Waals surface area contributed by atoms with Gasteiger partial charge in [-0.2, -0.15) is 0 Å². The Morgan fingerprint density at radius 1 is 0.936 bits per heavy atom. The molecular formula is C37H31ClN2O6S. The normalized spacial score (nSPS) is 14.3. The zero-order valence-electron chi connectivity index (χ0n) is 25.9. The highest BCUT2D eigenvalue weighted by atomic mass is 35.5. The number of ether oxygens (including phenoxy) is 4. The second kappa shape index (κ2) is 14.1. The van der Waals surface area contributed by atoms with Gasteiger partial charge >= 0.3 is 5.97 Å². The summed E-state index contributed by atoms with van der Waals surface area (Å²) in [4.78, 5) is 33.3. The van der Waals surface area contributed by atoms with E-state index in [1.807, 2.05) is 91.0 Å². The van der Waals surface area contributed by atoms with Crippen LogP contribution in [0.2, 0.25) is 5.02 Å². The molecule has 0 radical (unpaired) electrons. The first-order valence-corrected chi connectivity index (χ1v) is 16.1. The van der Waals surface area contributed by atoms with Crippen molar-refractivity contribution in [2.24, 2.45) is 4.99 Å². The molecule has 0 fully saturated rings. The van der Waals surface area contributed by atoms with E-state index in [0.29, 0.717) is 49.5 Å². The molecule has 1 atom stereocenters. The second-order valence-corrected chi connectivity index (χ2v) is 11.9. The van der Waals surface area contributed by atoms with Gasteiger partial charge in [0, 0.05) is 16.1 Å². The summed E-state index contributed by atoms with van der Waals surface area (Å²) in [7, 11) is 3.09. The highest BCUT2D eigenvalue weighted by Crippen LogP contribution is 2.38. The van der Waals surface area contributed by atoms with E-state index in [4.69, 9.17) is 35.5 Å². The number of hydrogen-bond donors (Lipinski definition) is 0. The molecule has 1 aliphatic rings. The van der Waals surface area contributed by atoms with E-state index < -0.39 is 12.0 Å². The lowest BCUT2D eigenvalue weighted by molar-refractivity contribution is -0.138. The number of carbonyl (C=O) groups is 1. The standard InChI is InChI=1S/C37H31ClN2O6S/c1-4-45-36(42)32-33(24-10-6-5-7-11-24)39-37-40(34(32)25-16-19-29(43-2)30(21-25)44-3)35(41)31(47-37)20-23-14-17-27(18-15-23)46-22-26-12-8-9-13-28(26)38/h5-21,34H,4,22H2,1-3H3/b31-20-. The molecule has 0 bridgehead atoms. The quantitative estimate of drug-likeness (QED) is 0.165. The number of hydrogen-bond acceptors (Lipinski definition) is 8. The van der Waals surface area contributed by atoms with E-state index in [2.05, 4.69) is 0 Å². The van der Waals surface area contributed by atoms with Crippen LogP contribution >= 0.6 is 22.9 Å². The summed E-state index contributed by atoms with van der Waals surface area (Å²) in [5, 5.41) is 0.646. The molecular weight excluding hydrogens is 636 g/mol. The largest absolute Gasteiger partial charge is 0.493 e. The number of benzene rings is 4. The number of methoxy groups -OCH3 is 2. The summed E-state index contributed by atoms with van der Waals surface area (Å²) in [6, 6.07) is 28.9. The number of fused-ring (bicyclic) bond motifs is 1. The Morgan fingerprint density at radius 3 is 2.36 bits per heavy atom. The molecule has 8 nitrogen and oxygen atoms in total. The Hall–Kier alpha value is -5.12. The van der Waals surface area contributed by atoms with E-state index in [1.54, 1.807) is 30.7 Å². The molecule has 0 N–H and O–H groups in total. The van der Waals surface area contributed by atoms with E-state index in [-0.39, 0.29) is 17.7 Å². The van der Waals surface area contributed by atoms with Crippen molar-refractivity contribution >= 4 is 40.7 Å². The molecule has 4 aromatic carbocycles. The molecule has 2 heterocycles. The Kier molecular flexibility index (Phi) is 9.56. The highest BCUT2D eigenvalue weighted by molar-refractivity contribution is 7.07. The van der Waals surface area contributed by atoms with Gasteiger partial charge in [0.05, 0.1) is 42.7 Å². The van der Waals surface area contributed by atoms with Crippen molar-refractivity contribution in [3.05, 3.63) is 150 Å². The zero-order chi connectivity index (χ0) is 32.9. The van der Waals surface area contributed by atoms with Crippen LogP contribution in [-0.4, -0.2) is 31.4 Å². The van der Waals surface area contributed by atoms with Gasteiger partial charge in [0.1, 0.15) is 12.4 Å². The molecule has 0 amide bonds. The van der Waals surface area contributed by atoms with E-state index in [9.17, 15) is 9.59 Å². The summed E-state index contributed by atoms with van der Waals surface area (Å²) in [5.74, 6) is 1.10. The number of esters is 1. The Morgan fingerprint density at radius 2 is 1.66 bits per heavy atom. The minimum atomic E-state index is -0.844. The summed E-state index contributed by atoms with van der Waals surface area (Å²) in [5.41, 5.74) is 3.46. The molecule has 47 heavy (non-hydrogen) atoms. The molecule has 1 aromatic heterocycles. The summed E-state index contributed by atoms with van der Waals surface area (Å²) in [6.07, 6.45) is 1.81. The van der Waals surface area contributed by atoms with Gasteiger partial charge in [-0.1, -0.05) is 89.7 Å². The van der Waals surface area contributed by atoms with Crippen LogP contribution < -0.4 is 29.1 Å². The lowest BCUT2D eigenvalue weighted by atomic mass is 9.93. The third-order valence-electron chi connectivity index (χ3n) is 7.63. The number of nitrogens with zero attached hydrogens (tertiary/aromatic N) is 2. The molecule has 0 aliphatic carbocycles. The van der Waals surface area contributed by atoms with Crippen LogP contribution in [0.5, 0.6) is 17.2 Å². The minimum Gasteiger partial charge on any atom is -0.493 e. The first-order chi connectivity index (χ1) is 22.9. The Bertz CT molecular complexity index is 2140. The Balaban J connectivity index is 1.47. The number of rotatable bonds is 10. The van der Waals surface area contributed by atoms with Crippen molar-refractivity contribution in [3.8, 4) is 17.2 Å². The first-order valence-electron chi connectivity index (χ1n) is 14.9. The zero-order valence-corrected chi connectivity index (χ0v) is 27.5. The van der Waals surface area contributed by atoms with Gasteiger partial charge in [0.15, 0.2) is 16.3 Å². The van der Waals surface area contributed by atoms with Crippen LogP contribution in [-0.2, 0) is 16.1 Å². The SMILES string of the molecule is CCOC(=O)C1=C(c2ccccc2)N=c2s/c(=C\c3ccc(OCc4ccccc4Cl)cc3)c(=O)n2C1c1ccc(OC)c(OC)c1. The maximum atomic E-state index is 14.2. The fourth-order valence-electron chi connectivity index (χ4n) is 5.37. The molecule has 0 saturated carbocycles. The molecule has 1 aliphatic heterocycles. The maximum Gasteiger partial charge on any atom is 0.338 e. The van der Waals surface area contributed by atoms with Crippen LogP contribution in [0.4, 0.5) is 0 Å². The van der Waals surface area contributed by atoms with Crippen LogP contribution in [0, 0.1) is 0 Å². The number of halogens is 1. The van der Waals surface area contributed by atoms with Gasteiger partial charge < -0.3 is 18.9 Å². The van der Waals surface area contributed by atoms with Crippen LogP contribution in [0.25, 0.3) is 11.8 Å². The predicted octanol–water partition coefficient (Wildman–Crippen LogP) is 6.19. The molecule has 10 heteroatoms. The van der Waals surface area contributed by atoms with Gasteiger partial charge in [-0.25, -0.2) is 9.79 Å². The number of thiazole rings is 1. The average Bonchev–Trinajstić information content (AvgIpc) is 3.41. The van der Waals surface area contributed by atoms with Gasteiger partial charge in [-0.05, 0) is 54.5 Å².